The minimum absolute atomic E-state index is 0.117. The number of hydrogen-bond donors (Lipinski definition) is 2. The summed E-state index contributed by atoms with van der Waals surface area (Å²) in [7, 11) is 1.58. The van der Waals surface area contributed by atoms with E-state index in [0.717, 1.165) is 5.75 Å². The highest BCUT2D eigenvalue weighted by Crippen LogP contribution is 2.22. The Bertz CT molecular complexity index is 629. The predicted octanol–water partition coefficient (Wildman–Crippen LogP) is 2.95. The van der Waals surface area contributed by atoms with Gasteiger partial charge in [-0.25, -0.2) is 0 Å². The lowest BCUT2D eigenvalue weighted by Gasteiger charge is -2.10. The molecule has 6 heteroatoms. The highest BCUT2D eigenvalue weighted by atomic mass is 35.5. The lowest BCUT2D eigenvalue weighted by atomic mass is 10.2. The minimum atomic E-state index is -0.306. The molecule has 1 amide bonds. The molecule has 0 bridgehead atoms. The Labute approximate surface area is 127 Å². The maximum absolute atomic E-state index is 11.8. The molecule has 0 aliphatic carbocycles. The number of rotatable bonds is 5. The van der Waals surface area contributed by atoms with Crippen LogP contribution in [0.4, 0.5) is 11.4 Å². The van der Waals surface area contributed by atoms with Crippen LogP contribution in [0.5, 0.6) is 11.5 Å². The van der Waals surface area contributed by atoms with E-state index in [9.17, 15) is 4.79 Å². The van der Waals surface area contributed by atoms with Gasteiger partial charge in [-0.05, 0) is 42.5 Å². The molecule has 0 saturated carbocycles. The topological polar surface area (TPSA) is 73.6 Å². The molecule has 2 rings (SSSR count). The molecular weight excluding hydrogens is 292 g/mol. The van der Waals surface area contributed by atoms with E-state index in [1.807, 2.05) is 0 Å². The molecule has 0 unspecified atom stereocenters. The van der Waals surface area contributed by atoms with Crippen molar-refractivity contribution in [3.05, 3.63) is 47.5 Å². The fourth-order valence-corrected chi connectivity index (χ4v) is 1.84. The van der Waals surface area contributed by atoms with Gasteiger partial charge in [-0.15, -0.1) is 0 Å². The summed E-state index contributed by atoms with van der Waals surface area (Å²) < 4.78 is 10.4. The van der Waals surface area contributed by atoms with Gasteiger partial charge in [0.05, 0.1) is 18.5 Å². The molecule has 0 atom stereocenters. The lowest BCUT2D eigenvalue weighted by molar-refractivity contribution is -0.118. The van der Waals surface area contributed by atoms with Gasteiger partial charge in [-0.2, -0.15) is 0 Å². The van der Waals surface area contributed by atoms with Gasteiger partial charge < -0.3 is 20.5 Å². The van der Waals surface area contributed by atoms with E-state index < -0.39 is 0 Å². The van der Waals surface area contributed by atoms with Gasteiger partial charge in [0.25, 0.3) is 5.91 Å². The average Bonchev–Trinajstić information content (AvgIpc) is 2.48. The molecule has 21 heavy (non-hydrogen) atoms. The van der Waals surface area contributed by atoms with Gasteiger partial charge in [0.15, 0.2) is 6.61 Å². The Hall–Kier alpha value is -2.40. The first kappa shape index (κ1) is 15.0. The third kappa shape index (κ3) is 4.29. The maximum Gasteiger partial charge on any atom is 0.262 e. The van der Waals surface area contributed by atoms with Crippen molar-refractivity contribution in [2.75, 3.05) is 24.8 Å². The molecule has 0 aromatic heterocycles. The van der Waals surface area contributed by atoms with Gasteiger partial charge >= 0.3 is 0 Å². The van der Waals surface area contributed by atoms with E-state index >= 15 is 0 Å². The molecule has 0 fully saturated rings. The van der Waals surface area contributed by atoms with Crippen molar-refractivity contribution >= 4 is 28.9 Å². The van der Waals surface area contributed by atoms with Crippen LogP contribution in [0, 0.1) is 0 Å². The molecule has 0 aliphatic heterocycles. The van der Waals surface area contributed by atoms with Gasteiger partial charge in [0, 0.05) is 5.02 Å². The number of anilines is 2. The Balaban J connectivity index is 1.89. The predicted molar refractivity (Wildman–Crippen MR) is 83.0 cm³/mol. The first-order chi connectivity index (χ1) is 10.1. The number of benzene rings is 2. The second-order valence-electron chi connectivity index (χ2n) is 4.24. The molecule has 0 saturated heterocycles. The fraction of sp³-hybridized carbons (Fsp3) is 0.133. The highest BCUT2D eigenvalue weighted by Gasteiger charge is 2.07. The zero-order chi connectivity index (χ0) is 15.2. The average molecular weight is 307 g/mol. The summed E-state index contributed by atoms with van der Waals surface area (Å²) in [6.07, 6.45) is 0. The van der Waals surface area contributed by atoms with E-state index in [0.29, 0.717) is 22.1 Å². The fourth-order valence-electron chi connectivity index (χ4n) is 1.65. The van der Waals surface area contributed by atoms with Crippen molar-refractivity contribution in [3.63, 3.8) is 0 Å². The molecule has 110 valence electrons. The Morgan fingerprint density at radius 1 is 1.19 bits per heavy atom. The smallest absolute Gasteiger partial charge is 0.262 e. The van der Waals surface area contributed by atoms with Gasteiger partial charge in [-0.1, -0.05) is 11.6 Å². The Morgan fingerprint density at radius 3 is 2.48 bits per heavy atom. The number of carbonyl (C=O) groups excluding carboxylic acids is 1. The van der Waals surface area contributed by atoms with Crippen molar-refractivity contribution in [1.29, 1.82) is 0 Å². The number of hydrogen-bond acceptors (Lipinski definition) is 4. The number of nitrogens with two attached hydrogens (primary N) is 1. The first-order valence-electron chi connectivity index (χ1n) is 6.20. The van der Waals surface area contributed by atoms with Crippen LogP contribution in [-0.4, -0.2) is 19.6 Å². The molecule has 0 aliphatic rings. The summed E-state index contributed by atoms with van der Waals surface area (Å²) in [5.41, 5.74) is 6.66. The van der Waals surface area contributed by atoms with Crippen molar-refractivity contribution < 1.29 is 14.3 Å². The Morgan fingerprint density at radius 2 is 1.86 bits per heavy atom. The number of methoxy groups -OCH3 is 1. The first-order valence-corrected chi connectivity index (χ1v) is 6.58. The SMILES string of the molecule is COc1ccc(OCC(=O)Nc2ccc(Cl)cc2N)cc1. The van der Waals surface area contributed by atoms with Crippen LogP contribution in [-0.2, 0) is 4.79 Å². The molecular formula is C15H15ClN2O3. The van der Waals surface area contributed by atoms with E-state index in [1.165, 1.54) is 0 Å². The van der Waals surface area contributed by atoms with Crippen molar-refractivity contribution in [1.82, 2.24) is 0 Å². The van der Waals surface area contributed by atoms with Crippen LogP contribution in [0.3, 0.4) is 0 Å². The summed E-state index contributed by atoms with van der Waals surface area (Å²) in [6, 6.07) is 11.8. The second-order valence-corrected chi connectivity index (χ2v) is 4.68. The number of halogens is 1. The summed E-state index contributed by atoms with van der Waals surface area (Å²) in [5.74, 6) is 0.996. The second kappa shape index (κ2) is 6.85. The van der Waals surface area contributed by atoms with Crippen LogP contribution >= 0.6 is 11.6 Å². The van der Waals surface area contributed by atoms with E-state index in [4.69, 9.17) is 26.8 Å². The molecule has 0 spiro atoms. The molecule has 0 heterocycles. The minimum Gasteiger partial charge on any atom is -0.497 e. The van der Waals surface area contributed by atoms with Crippen molar-refractivity contribution in [2.45, 2.75) is 0 Å². The summed E-state index contributed by atoms with van der Waals surface area (Å²) in [5, 5.41) is 3.17. The zero-order valence-corrected chi connectivity index (χ0v) is 12.2. The number of ether oxygens (including phenoxy) is 2. The van der Waals surface area contributed by atoms with Crippen LogP contribution in [0.1, 0.15) is 0 Å². The summed E-state index contributed by atoms with van der Waals surface area (Å²) in [4.78, 5) is 11.8. The van der Waals surface area contributed by atoms with E-state index in [2.05, 4.69) is 5.32 Å². The van der Waals surface area contributed by atoms with Crippen LogP contribution < -0.4 is 20.5 Å². The Kier molecular flexibility index (Phi) is 4.90. The van der Waals surface area contributed by atoms with Crippen molar-refractivity contribution in [3.8, 4) is 11.5 Å². The van der Waals surface area contributed by atoms with Gasteiger partial charge in [0.1, 0.15) is 11.5 Å². The van der Waals surface area contributed by atoms with Gasteiger partial charge in [-0.3, -0.25) is 4.79 Å². The molecule has 5 nitrogen and oxygen atoms in total. The number of amides is 1. The monoisotopic (exact) mass is 306 g/mol. The molecule has 2 aromatic rings. The van der Waals surface area contributed by atoms with Crippen LogP contribution in [0.15, 0.2) is 42.5 Å². The normalized spacial score (nSPS) is 10.0. The standard InChI is InChI=1S/C15H15ClN2O3/c1-20-11-3-5-12(6-4-11)21-9-15(19)18-14-7-2-10(16)8-13(14)17/h2-8H,9,17H2,1H3,(H,18,19). The number of nitrogen functional groups attached to an aromatic ring is 1. The molecule has 3 N–H and O–H groups in total. The van der Waals surface area contributed by atoms with Crippen LogP contribution in [0.2, 0.25) is 5.02 Å². The quantitative estimate of drug-likeness (QED) is 0.833. The number of nitrogens with one attached hydrogen (secondary N) is 1. The van der Waals surface area contributed by atoms with E-state index in [-0.39, 0.29) is 12.5 Å². The maximum atomic E-state index is 11.8. The summed E-state index contributed by atoms with van der Waals surface area (Å²) in [6.45, 7) is -0.117. The summed E-state index contributed by atoms with van der Waals surface area (Å²) >= 11 is 5.79. The van der Waals surface area contributed by atoms with Gasteiger partial charge in [0.2, 0.25) is 0 Å². The molecule has 2 aromatic carbocycles. The largest absolute Gasteiger partial charge is 0.497 e. The van der Waals surface area contributed by atoms with Crippen molar-refractivity contribution in [2.24, 2.45) is 0 Å². The van der Waals surface area contributed by atoms with Crippen LogP contribution in [0.25, 0.3) is 0 Å². The highest BCUT2D eigenvalue weighted by molar-refractivity contribution is 6.31. The third-order valence-electron chi connectivity index (χ3n) is 2.72. The third-order valence-corrected chi connectivity index (χ3v) is 2.95. The lowest BCUT2D eigenvalue weighted by Crippen LogP contribution is -2.20. The zero-order valence-electron chi connectivity index (χ0n) is 11.4. The van der Waals surface area contributed by atoms with E-state index in [1.54, 1.807) is 49.6 Å². The number of carbonyl (C=O) groups is 1. The molecule has 0 radical (unpaired) electrons.